The lowest BCUT2D eigenvalue weighted by Crippen LogP contribution is -2.34. The third-order valence-corrected chi connectivity index (χ3v) is 4.81. The normalized spacial score (nSPS) is 14.7. The molecular weight excluding hydrogens is 326 g/mol. The molecule has 0 N–H and O–H groups in total. The molecule has 0 aliphatic carbocycles. The van der Waals surface area contributed by atoms with Crippen molar-refractivity contribution in [2.45, 2.75) is 33.0 Å². The zero-order valence-electron chi connectivity index (χ0n) is 13.3. The van der Waals surface area contributed by atoms with Crippen LogP contribution in [0, 0.1) is 0 Å². The number of nitrogens with zero attached hydrogens (tertiary/aromatic N) is 5. The highest BCUT2D eigenvalue weighted by molar-refractivity contribution is 7.08. The molecule has 7 nitrogen and oxygen atoms in total. The Morgan fingerprint density at radius 3 is 3.12 bits per heavy atom. The summed E-state index contributed by atoms with van der Waals surface area (Å²) in [5, 5.41) is 12.5. The minimum absolute atomic E-state index is 0.0457. The van der Waals surface area contributed by atoms with E-state index < -0.39 is 0 Å². The maximum absolute atomic E-state index is 12.0. The molecule has 0 saturated carbocycles. The van der Waals surface area contributed by atoms with Crippen LogP contribution < -0.4 is 5.56 Å². The van der Waals surface area contributed by atoms with Crippen molar-refractivity contribution in [3.8, 4) is 11.4 Å². The van der Waals surface area contributed by atoms with Crippen LogP contribution in [0.3, 0.4) is 0 Å². The van der Waals surface area contributed by atoms with Gasteiger partial charge in [0.2, 0.25) is 11.7 Å². The number of hydrogen-bond acceptors (Lipinski definition) is 7. The minimum atomic E-state index is -0.0457. The molecule has 1 aliphatic heterocycles. The lowest BCUT2D eigenvalue weighted by molar-refractivity contribution is 0.207. The molecule has 1 aliphatic rings. The quantitative estimate of drug-likeness (QED) is 0.720. The molecule has 0 saturated heterocycles. The molecule has 8 heteroatoms. The van der Waals surface area contributed by atoms with Crippen molar-refractivity contribution in [1.29, 1.82) is 0 Å². The van der Waals surface area contributed by atoms with Crippen LogP contribution in [-0.2, 0) is 26.1 Å². The zero-order valence-corrected chi connectivity index (χ0v) is 14.1. The fraction of sp³-hybridized carbons (Fsp3) is 0.375. The number of fused-ring (bicyclic) bond motifs is 1. The van der Waals surface area contributed by atoms with Gasteiger partial charge in [-0.15, -0.1) is 0 Å². The van der Waals surface area contributed by atoms with Gasteiger partial charge >= 0.3 is 0 Å². The van der Waals surface area contributed by atoms with Crippen LogP contribution in [0.4, 0.5) is 0 Å². The van der Waals surface area contributed by atoms with Crippen molar-refractivity contribution < 1.29 is 4.52 Å². The first kappa shape index (κ1) is 15.2. The summed E-state index contributed by atoms with van der Waals surface area (Å²) in [7, 11) is 0. The summed E-state index contributed by atoms with van der Waals surface area (Å²) in [5.41, 5.74) is 2.93. The van der Waals surface area contributed by atoms with Crippen molar-refractivity contribution in [3.63, 3.8) is 0 Å². The monoisotopic (exact) mass is 343 g/mol. The van der Waals surface area contributed by atoms with Crippen molar-refractivity contribution >= 4 is 11.3 Å². The highest BCUT2D eigenvalue weighted by Crippen LogP contribution is 2.21. The van der Waals surface area contributed by atoms with Gasteiger partial charge in [-0.05, 0) is 23.9 Å². The van der Waals surface area contributed by atoms with E-state index in [9.17, 15) is 4.79 Å². The van der Waals surface area contributed by atoms with Gasteiger partial charge in [-0.2, -0.15) is 21.4 Å². The van der Waals surface area contributed by atoms with Gasteiger partial charge in [0.15, 0.2) is 0 Å². The third-order valence-electron chi connectivity index (χ3n) is 4.13. The highest BCUT2D eigenvalue weighted by atomic mass is 32.1. The van der Waals surface area contributed by atoms with Crippen molar-refractivity contribution in [1.82, 2.24) is 24.8 Å². The first-order valence-electron chi connectivity index (χ1n) is 7.90. The number of aromatic nitrogens is 4. The standard InChI is InChI=1S/C16H17N5O2S/c1-2-21-15(22)7-12-8-20(5-3-13(12)18-21)9-14-17-16(19-23-14)11-4-6-24-10-11/h4,6-7,10H,2-3,5,8-9H2,1H3. The molecule has 0 fully saturated rings. The minimum Gasteiger partial charge on any atom is -0.338 e. The highest BCUT2D eigenvalue weighted by Gasteiger charge is 2.21. The fourth-order valence-electron chi connectivity index (χ4n) is 2.88. The van der Waals surface area contributed by atoms with E-state index in [4.69, 9.17) is 4.52 Å². The Morgan fingerprint density at radius 1 is 1.42 bits per heavy atom. The number of rotatable bonds is 4. The van der Waals surface area contributed by atoms with Crippen molar-refractivity contribution in [2.24, 2.45) is 0 Å². The van der Waals surface area contributed by atoms with Crippen LogP contribution >= 0.6 is 11.3 Å². The van der Waals surface area contributed by atoms with E-state index in [-0.39, 0.29) is 5.56 Å². The molecule has 124 valence electrons. The molecule has 4 heterocycles. The number of aryl methyl sites for hydroxylation is 1. The first-order valence-corrected chi connectivity index (χ1v) is 8.84. The van der Waals surface area contributed by atoms with E-state index >= 15 is 0 Å². The van der Waals surface area contributed by atoms with E-state index in [1.807, 2.05) is 23.8 Å². The maximum Gasteiger partial charge on any atom is 0.267 e. The second kappa shape index (κ2) is 6.29. The third kappa shape index (κ3) is 2.90. The predicted molar refractivity (Wildman–Crippen MR) is 89.6 cm³/mol. The largest absolute Gasteiger partial charge is 0.338 e. The Labute approximate surface area is 142 Å². The second-order valence-corrected chi connectivity index (χ2v) is 6.53. The lowest BCUT2D eigenvalue weighted by Gasteiger charge is -2.26. The molecule has 0 aromatic carbocycles. The average Bonchev–Trinajstić information content (AvgIpc) is 3.25. The van der Waals surface area contributed by atoms with Gasteiger partial charge in [0.25, 0.3) is 5.56 Å². The van der Waals surface area contributed by atoms with Gasteiger partial charge < -0.3 is 4.52 Å². The van der Waals surface area contributed by atoms with Crippen molar-refractivity contribution in [2.75, 3.05) is 6.54 Å². The molecular formula is C16H17N5O2S. The van der Waals surface area contributed by atoms with Crippen LogP contribution in [0.5, 0.6) is 0 Å². The fourth-order valence-corrected chi connectivity index (χ4v) is 3.51. The second-order valence-electron chi connectivity index (χ2n) is 5.75. The average molecular weight is 343 g/mol. The Kier molecular flexibility index (Phi) is 3.99. The molecule has 3 aromatic rings. The van der Waals surface area contributed by atoms with Gasteiger partial charge in [-0.25, -0.2) is 4.68 Å². The predicted octanol–water partition coefficient (Wildman–Crippen LogP) is 1.93. The van der Waals surface area contributed by atoms with Gasteiger partial charge in [0.05, 0.1) is 12.2 Å². The van der Waals surface area contributed by atoms with Crippen LogP contribution in [-0.4, -0.2) is 31.4 Å². The Bertz CT molecular complexity index is 900. The van der Waals surface area contributed by atoms with Gasteiger partial charge in [-0.1, -0.05) is 5.16 Å². The molecule has 0 unspecified atom stereocenters. The van der Waals surface area contributed by atoms with Crippen LogP contribution in [0.1, 0.15) is 24.1 Å². The summed E-state index contributed by atoms with van der Waals surface area (Å²) < 4.78 is 6.87. The summed E-state index contributed by atoms with van der Waals surface area (Å²) >= 11 is 1.61. The molecule has 0 radical (unpaired) electrons. The van der Waals surface area contributed by atoms with Crippen LogP contribution in [0.25, 0.3) is 11.4 Å². The maximum atomic E-state index is 12.0. The molecule has 0 amide bonds. The van der Waals surface area contributed by atoms with Gasteiger partial charge in [0.1, 0.15) is 0 Å². The molecule has 0 bridgehead atoms. The molecule has 3 aromatic heterocycles. The number of thiophene rings is 1. The molecule has 4 rings (SSSR count). The summed E-state index contributed by atoms with van der Waals surface area (Å²) in [4.78, 5) is 18.6. The summed E-state index contributed by atoms with van der Waals surface area (Å²) in [6.07, 6.45) is 0.821. The molecule has 0 spiro atoms. The summed E-state index contributed by atoms with van der Waals surface area (Å²) in [6.45, 7) is 4.64. The first-order chi connectivity index (χ1) is 11.7. The number of hydrogen-bond donors (Lipinski definition) is 0. The van der Waals surface area contributed by atoms with Crippen molar-refractivity contribution in [3.05, 3.63) is 50.4 Å². The van der Waals surface area contributed by atoms with Crippen LogP contribution in [0.15, 0.2) is 32.2 Å². The molecule has 24 heavy (non-hydrogen) atoms. The van der Waals surface area contributed by atoms with E-state index in [0.29, 0.717) is 31.3 Å². The van der Waals surface area contributed by atoms with E-state index in [0.717, 1.165) is 29.8 Å². The zero-order chi connectivity index (χ0) is 16.5. The van der Waals surface area contributed by atoms with Gasteiger partial charge in [-0.3, -0.25) is 9.69 Å². The van der Waals surface area contributed by atoms with E-state index in [1.54, 1.807) is 17.4 Å². The Hall–Kier alpha value is -2.32. The Balaban J connectivity index is 1.49. The SMILES string of the molecule is CCn1nc2c(cc1=O)CN(Cc1nc(-c3ccsc3)no1)CC2. The topological polar surface area (TPSA) is 77.1 Å². The van der Waals surface area contributed by atoms with Crippen LogP contribution in [0.2, 0.25) is 0 Å². The van der Waals surface area contributed by atoms with Gasteiger partial charge in [0, 0.05) is 43.1 Å². The van der Waals surface area contributed by atoms with E-state index in [2.05, 4.69) is 20.1 Å². The molecule has 0 atom stereocenters. The smallest absolute Gasteiger partial charge is 0.267 e. The summed E-state index contributed by atoms with van der Waals surface area (Å²) in [6, 6.07) is 3.67. The summed E-state index contributed by atoms with van der Waals surface area (Å²) in [5.74, 6) is 1.21. The Morgan fingerprint density at radius 2 is 2.33 bits per heavy atom. The van der Waals surface area contributed by atoms with E-state index in [1.165, 1.54) is 4.68 Å². The lowest BCUT2D eigenvalue weighted by atomic mass is 10.1.